The first-order valence-electron chi connectivity index (χ1n) is 12.5. The molecule has 0 radical (unpaired) electrons. The molecule has 0 unspecified atom stereocenters. The average Bonchev–Trinajstić information content (AvgIpc) is 3.64. The van der Waals surface area contributed by atoms with E-state index in [4.69, 9.17) is 9.84 Å². The first-order valence-corrected chi connectivity index (χ1v) is 13.7. The van der Waals surface area contributed by atoms with E-state index in [1.54, 1.807) is 11.4 Å². The number of imidazole rings is 1. The zero-order valence-electron chi connectivity index (χ0n) is 22.0. The zero-order valence-corrected chi connectivity index (χ0v) is 25.3. The first kappa shape index (κ1) is 32.7. The third-order valence-corrected chi connectivity index (χ3v) is 8.32. The fraction of sp³-hybridized carbons (Fsp3) is 0.667. The minimum Gasteiger partial charge on any atom is -0.465 e. The van der Waals surface area contributed by atoms with Crippen LogP contribution in [0.1, 0.15) is 32.9 Å². The maximum absolute atomic E-state index is 12.7. The Bertz CT molecular complexity index is 1090. The maximum atomic E-state index is 12.7. The van der Waals surface area contributed by atoms with E-state index in [2.05, 4.69) is 20.1 Å². The number of nitrogens with zero attached hydrogens (tertiary/aromatic N) is 6. The molecular formula is C24H38Cl3N7O3S. The smallest absolute Gasteiger partial charge is 0.317 e. The second-order valence-corrected chi connectivity index (χ2v) is 11.1. The molecule has 2 aromatic rings. The first-order chi connectivity index (χ1) is 16.9. The van der Waals surface area contributed by atoms with Gasteiger partial charge in [-0.05, 0) is 39.3 Å². The molecule has 2 aromatic heterocycles. The number of hydrogen-bond acceptors (Lipinski definition) is 9. The normalized spacial score (nSPS) is 22.0. The molecule has 0 spiro atoms. The lowest BCUT2D eigenvalue weighted by atomic mass is 9.90. The number of aromatic nitrogens is 3. The lowest BCUT2D eigenvalue weighted by Gasteiger charge is -2.38. The van der Waals surface area contributed by atoms with Gasteiger partial charge < -0.3 is 19.9 Å². The summed E-state index contributed by atoms with van der Waals surface area (Å²) in [6.07, 6.45) is 2.71. The molecule has 0 aliphatic carbocycles. The molecular weight excluding hydrogens is 573 g/mol. The number of carbonyl (C=O) groups excluding carboxylic acids is 2. The van der Waals surface area contributed by atoms with Gasteiger partial charge in [0.25, 0.3) is 0 Å². The Morgan fingerprint density at radius 2 is 1.87 bits per heavy atom. The third-order valence-electron chi connectivity index (χ3n) is 7.36. The second kappa shape index (κ2) is 13.7. The average molecular weight is 611 g/mol. The molecule has 5 heterocycles. The van der Waals surface area contributed by atoms with Crippen LogP contribution in [0.5, 0.6) is 0 Å². The van der Waals surface area contributed by atoms with Crippen molar-refractivity contribution in [3.8, 4) is 0 Å². The van der Waals surface area contributed by atoms with E-state index in [1.165, 1.54) is 0 Å². The third kappa shape index (κ3) is 6.62. The highest BCUT2D eigenvalue weighted by atomic mass is 35.5. The molecule has 5 rings (SSSR count). The standard InChI is InChI=1S/C24H35N7O3S.3ClH/c1-4-34-23(33)24(2,3)19-15-31-20(26-19)5-6-21(27-31)29-9-7-28(8-10-29)17-13-18(25-14-17)22(32)30-11-12-35-16-30;;;/h5-6,15,17-18,25H,4,7-14,16H2,1-3H3;3*1H/t17-,18-;;;/m0.../s1. The number of rotatable bonds is 6. The summed E-state index contributed by atoms with van der Waals surface area (Å²) in [5.74, 6) is 2.76. The summed E-state index contributed by atoms with van der Waals surface area (Å²) in [5.41, 5.74) is 0.525. The highest BCUT2D eigenvalue weighted by Crippen LogP contribution is 2.26. The summed E-state index contributed by atoms with van der Waals surface area (Å²) in [7, 11) is 0. The van der Waals surface area contributed by atoms with Gasteiger partial charge in [-0.2, -0.15) is 0 Å². The van der Waals surface area contributed by atoms with Crippen molar-refractivity contribution in [2.24, 2.45) is 0 Å². The highest BCUT2D eigenvalue weighted by Gasteiger charge is 2.37. The van der Waals surface area contributed by atoms with Gasteiger partial charge in [-0.3, -0.25) is 14.5 Å². The molecule has 0 saturated carbocycles. The number of amides is 1. The maximum Gasteiger partial charge on any atom is 0.317 e. The summed E-state index contributed by atoms with van der Waals surface area (Å²) in [6, 6.07) is 4.31. The Labute approximate surface area is 246 Å². The molecule has 38 heavy (non-hydrogen) atoms. The van der Waals surface area contributed by atoms with Gasteiger partial charge in [0.15, 0.2) is 5.65 Å². The second-order valence-electron chi connectivity index (χ2n) is 9.98. The van der Waals surface area contributed by atoms with Crippen LogP contribution < -0.4 is 10.2 Å². The Hall–Kier alpha value is -1.50. The lowest BCUT2D eigenvalue weighted by Crippen LogP contribution is -2.51. The molecule has 3 fully saturated rings. The number of anilines is 1. The molecule has 3 aliphatic heterocycles. The number of hydrogen-bond donors (Lipinski definition) is 1. The number of ether oxygens (including phenoxy) is 1. The Kier molecular flexibility index (Phi) is 11.8. The molecule has 14 heteroatoms. The number of esters is 1. The van der Waals surface area contributed by atoms with Crippen LogP contribution in [0, 0.1) is 0 Å². The van der Waals surface area contributed by atoms with Gasteiger partial charge >= 0.3 is 5.97 Å². The molecule has 0 aromatic carbocycles. The fourth-order valence-electron chi connectivity index (χ4n) is 5.07. The van der Waals surface area contributed by atoms with Gasteiger partial charge in [0.05, 0.1) is 30.4 Å². The Morgan fingerprint density at radius 1 is 1.13 bits per heavy atom. The van der Waals surface area contributed by atoms with Crippen molar-refractivity contribution in [1.82, 2.24) is 29.7 Å². The number of carbonyl (C=O) groups is 2. The van der Waals surface area contributed by atoms with Crippen LogP contribution in [0.25, 0.3) is 5.65 Å². The predicted molar refractivity (Wildman–Crippen MR) is 157 cm³/mol. The predicted octanol–water partition coefficient (Wildman–Crippen LogP) is 2.22. The van der Waals surface area contributed by atoms with E-state index in [0.717, 1.165) is 63.1 Å². The molecule has 0 bridgehead atoms. The van der Waals surface area contributed by atoms with Gasteiger partial charge in [-0.15, -0.1) is 54.1 Å². The van der Waals surface area contributed by atoms with Gasteiger partial charge in [-0.25, -0.2) is 9.50 Å². The van der Waals surface area contributed by atoms with E-state index < -0.39 is 5.41 Å². The zero-order chi connectivity index (χ0) is 24.6. The summed E-state index contributed by atoms with van der Waals surface area (Å²) in [6.45, 7) is 11.2. The monoisotopic (exact) mass is 609 g/mol. The van der Waals surface area contributed by atoms with Gasteiger partial charge in [-0.1, -0.05) is 0 Å². The number of piperazine rings is 1. The van der Waals surface area contributed by atoms with Crippen molar-refractivity contribution in [3.63, 3.8) is 0 Å². The molecule has 1 N–H and O–H groups in total. The molecule has 214 valence electrons. The molecule has 1 amide bonds. The number of thioether (sulfide) groups is 1. The summed E-state index contributed by atoms with van der Waals surface area (Å²) >= 11 is 1.83. The summed E-state index contributed by atoms with van der Waals surface area (Å²) in [5, 5.41) is 8.25. The van der Waals surface area contributed by atoms with Crippen LogP contribution in [0.2, 0.25) is 0 Å². The van der Waals surface area contributed by atoms with E-state index in [0.29, 0.717) is 24.0 Å². The number of halogens is 3. The van der Waals surface area contributed by atoms with Gasteiger partial charge in [0.1, 0.15) is 11.2 Å². The van der Waals surface area contributed by atoms with Crippen LogP contribution in [-0.4, -0.2) is 106 Å². The molecule has 2 atom stereocenters. The van der Waals surface area contributed by atoms with E-state index in [9.17, 15) is 9.59 Å². The molecule has 3 aliphatic rings. The van der Waals surface area contributed by atoms with Gasteiger partial charge in [0.2, 0.25) is 5.91 Å². The van der Waals surface area contributed by atoms with Crippen molar-refractivity contribution >= 4 is 72.3 Å². The summed E-state index contributed by atoms with van der Waals surface area (Å²) < 4.78 is 6.98. The van der Waals surface area contributed by atoms with E-state index >= 15 is 0 Å². The Balaban J connectivity index is 0.00000169. The SMILES string of the molecule is CCOC(=O)C(C)(C)c1cn2nc(N3CCN([C@@H]4CN[C@H](C(=O)N5CCSC5)C4)CC3)ccc2n1.Cl.Cl.Cl. The van der Waals surface area contributed by atoms with Gasteiger partial charge in [0, 0.05) is 51.1 Å². The topological polar surface area (TPSA) is 95.3 Å². The largest absolute Gasteiger partial charge is 0.465 e. The van der Waals surface area contributed by atoms with Crippen molar-refractivity contribution in [3.05, 3.63) is 24.0 Å². The van der Waals surface area contributed by atoms with Crippen molar-refractivity contribution < 1.29 is 14.3 Å². The number of fused-ring (bicyclic) bond motifs is 1. The fourth-order valence-corrected chi connectivity index (χ4v) is 6.02. The van der Waals surface area contributed by atoms with Crippen LogP contribution in [0.15, 0.2) is 18.3 Å². The van der Waals surface area contributed by atoms with Crippen molar-refractivity contribution in [2.75, 3.05) is 62.4 Å². The molecule has 3 saturated heterocycles. The number of nitrogens with one attached hydrogen (secondary N) is 1. The van der Waals surface area contributed by atoms with Crippen LogP contribution in [-0.2, 0) is 19.7 Å². The minimum absolute atomic E-state index is 0. The molecule has 10 nitrogen and oxygen atoms in total. The van der Waals surface area contributed by atoms with Crippen LogP contribution in [0.3, 0.4) is 0 Å². The van der Waals surface area contributed by atoms with Crippen LogP contribution in [0.4, 0.5) is 5.82 Å². The summed E-state index contributed by atoms with van der Waals surface area (Å²) in [4.78, 5) is 36.5. The highest BCUT2D eigenvalue weighted by molar-refractivity contribution is 7.99. The van der Waals surface area contributed by atoms with Crippen LogP contribution >= 0.6 is 49.0 Å². The van der Waals surface area contributed by atoms with Crippen molar-refractivity contribution in [1.29, 1.82) is 0 Å². The Morgan fingerprint density at radius 3 is 2.53 bits per heavy atom. The van der Waals surface area contributed by atoms with E-state index in [-0.39, 0.29) is 55.1 Å². The lowest BCUT2D eigenvalue weighted by molar-refractivity contribution is -0.149. The quantitative estimate of drug-likeness (QED) is 0.494. The van der Waals surface area contributed by atoms with Crippen molar-refractivity contribution in [2.45, 2.75) is 44.7 Å². The minimum atomic E-state index is -0.836. The van der Waals surface area contributed by atoms with E-state index in [1.807, 2.05) is 48.8 Å².